The first-order valence-corrected chi connectivity index (χ1v) is 11.1. The third-order valence-corrected chi connectivity index (χ3v) is 4.93. The Balaban J connectivity index is 1.99. The molecule has 172 valence electrons. The molecule has 0 saturated heterocycles. The summed E-state index contributed by atoms with van der Waals surface area (Å²) in [7, 11) is 1.52. The topological polar surface area (TPSA) is 88.7 Å². The van der Waals surface area contributed by atoms with Gasteiger partial charge in [0.05, 0.1) is 18.9 Å². The Morgan fingerprint density at radius 1 is 1.09 bits per heavy atom. The Labute approximate surface area is 194 Å². The van der Waals surface area contributed by atoms with Gasteiger partial charge in [0, 0.05) is 23.7 Å². The molecule has 2 aromatic carbocycles. The highest BCUT2D eigenvalue weighted by Crippen LogP contribution is 2.28. The van der Waals surface area contributed by atoms with Crippen molar-refractivity contribution in [3.63, 3.8) is 0 Å². The van der Waals surface area contributed by atoms with Crippen LogP contribution in [0, 0.1) is 0 Å². The largest absolute Gasteiger partial charge is 0.494 e. The van der Waals surface area contributed by atoms with Gasteiger partial charge in [-0.1, -0.05) is 26.3 Å². The third kappa shape index (κ3) is 7.85. The Bertz CT molecular complexity index is 949. The summed E-state index contributed by atoms with van der Waals surface area (Å²) in [4.78, 5) is 24.6. The second-order valence-corrected chi connectivity index (χ2v) is 7.75. The first-order chi connectivity index (χ1) is 15.4. The Kier molecular flexibility index (Phi) is 9.94. The standard InChI is InChI=1S/C24H31N3O4S/c1-5-7-11-22(28)26-20-13-12-18(15-21(20)30-4)25-24(32)27-23(29)17-9-8-10-19(14-17)31-16(3)6-2/h8-10,12-16H,5-7,11H2,1-4H3,(H,26,28)(H2,25,27,29,32). The molecular weight excluding hydrogens is 426 g/mol. The lowest BCUT2D eigenvalue weighted by atomic mass is 10.2. The molecule has 3 N–H and O–H groups in total. The molecule has 0 aliphatic rings. The summed E-state index contributed by atoms with van der Waals surface area (Å²) in [6, 6.07) is 12.1. The molecule has 1 atom stereocenters. The molecule has 0 bridgehead atoms. The molecule has 0 fully saturated rings. The zero-order valence-corrected chi connectivity index (χ0v) is 19.8. The Morgan fingerprint density at radius 2 is 1.88 bits per heavy atom. The molecule has 2 amide bonds. The number of hydrogen-bond acceptors (Lipinski definition) is 5. The number of unbranched alkanes of at least 4 members (excludes halogenated alkanes) is 1. The van der Waals surface area contributed by atoms with Gasteiger partial charge >= 0.3 is 0 Å². The van der Waals surface area contributed by atoms with E-state index in [0.717, 1.165) is 19.3 Å². The fourth-order valence-electron chi connectivity index (χ4n) is 2.79. The van der Waals surface area contributed by atoms with E-state index >= 15 is 0 Å². The lowest BCUT2D eigenvalue weighted by Gasteiger charge is -2.15. The number of carbonyl (C=O) groups excluding carboxylic acids is 2. The number of amides is 2. The number of nitrogens with one attached hydrogen (secondary N) is 3. The quantitative estimate of drug-likeness (QED) is 0.429. The zero-order valence-electron chi connectivity index (χ0n) is 19.0. The van der Waals surface area contributed by atoms with E-state index in [4.69, 9.17) is 21.7 Å². The van der Waals surface area contributed by atoms with E-state index in [9.17, 15) is 9.59 Å². The molecule has 7 nitrogen and oxygen atoms in total. The maximum absolute atomic E-state index is 12.6. The number of methoxy groups -OCH3 is 1. The van der Waals surface area contributed by atoms with E-state index in [1.165, 1.54) is 7.11 Å². The number of carbonyl (C=O) groups is 2. The maximum Gasteiger partial charge on any atom is 0.257 e. The van der Waals surface area contributed by atoms with Crippen molar-refractivity contribution in [3.8, 4) is 11.5 Å². The molecule has 2 aromatic rings. The molecular formula is C24H31N3O4S. The number of benzene rings is 2. The number of anilines is 2. The average Bonchev–Trinajstić information content (AvgIpc) is 2.78. The van der Waals surface area contributed by atoms with Gasteiger partial charge < -0.3 is 20.1 Å². The molecule has 0 aliphatic heterocycles. The lowest BCUT2D eigenvalue weighted by molar-refractivity contribution is -0.116. The van der Waals surface area contributed by atoms with Gasteiger partial charge in [-0.2, -0.15) is 0 Å². The molecule has 8 heteroatoms. The summed E-state index contributed by atoms with van der Waals surface area (Å²) in [6.07, 6.45) is 3.17. The number of hydrogen-bond donors (Lipinski definition) is 3. The van der Waals surface area contributed by atoms with Gasteiger partial charge in [0.2, 0.25) is 5.91 Å². The van der Waals surface area contributed by atoms with Crippen LogP contribution < -0.4 is 25.4 Å². The monoisotopic (exact) mass is 457 g/mol. The van der Waals surface area contributed by atoms with Crippen LogP contribution in [0.2, 0.25) is 0 Å². The zero-order chi connectivity index (χ0) is 23.5. The molecule has 0 spiro atoms. The fourth-order valence-corrected chi connectivity index (χ4v) is 3.00. The van der Waals surface area contributed by atoms with Crippen molar-refractivity contribution >= 4 is 40.5 Å². The summed E-state index contributed by atoms with van der Waals surface area (Å²) in [6.45, 7) is 6.04. The van der Waals surface area contributed by atoms with Crippen molar-refractivity contribution < 1.29 is 19.1 Å². The minimum absolute atomic E-state index is 0.0606. The van der Waals surface area contributed by atoms with Gasteiger partial charge in [-0.3, -0.25) is 14.9 Å². The van der Waals surface area contributed by atoms with Crippen LogP contribution in [-0.2, 0) is 4.79 Å². The van der Waals surface area contributed by atoms with Crippen molar-refractivity contribution in [2.45, 2.75) is 52.6 Å². The van der Waals surface area contributed by atoms with Crippen molar-refractivity contribution in [2.24, 2.45) is 0 Å². The van der Waals surface area contributed by atoms with Gasteiger partial charge in [-0.25, -0.2) is 0 Å². The van der Waals surface area contributed by atoms with Crippen LogP contribution in [-0.4, -0.2) is 30.1 Å². The molecule has 32 heavy (non-hydrogen) atoms. The number of rotatable bonds is 10. The van der Waals surface area contributed by atoms with E-state index in [-0.39, 0.29) is 23.0 Å². The second kappa shape index (κ2) is 12.7. The molecule has 1 unspecified atom stereocenters. The van der Waals surface area contributed by atoms with Crippen LogP contribution in [0.1, 0.15) is 56.8 Å². The third-order valence-electron chi connectivity index (χ3n) is 4.73. The van der Waals surface area contributed by atoms with Crippen LogP contribution in [0.5, 0.6) is 11.5 Å². The van der Waals surface area contributed by atoms with E-state index in [1.54, 1.807) is 36.4 Å². The maximum atomic E-state index is 12.6. The van der Waals surface area contributed by atoms with Gasteiger partial charge in [0.1, 0.15) is 11.5 Å². The summed E-state index contributed by atoms with van der Waals surface area (Å²) in [5.74, 6) is 0.716. The smallest absolute Gasteiger partial charge is 0.257 e. The van der Waals surface area contributed by atoms with Crippen LogP contribution >= 0.6 is 12.2 Å². The molecule has 0 aliphatic carbocycles. The Morgan fingerprint density at radius 3 is 2.56 bits per heavy atom. The van der Waals surface area contributed by atoms with Crippen LogP contribution in [0.15, 0.2) is 42.5 Å². The molecule has 0 saturated carbocycles. The molecule has 0 radical (unpaired) electrons. The predicted octanol–water partition coefficient (Wildman–Crippen LogP) is 5.13. The lowest BCUT2D eigenvalue weighted by Crippen LogP contribution is -2.34. The highest BCUT2D eigenvalue weighted by Gasteiger charge is 2.12. The average molecular weight is 458 g/mol. The summed E-state index contributed by atoms with van der Waals surface area (Å²) >= 11 is 5.28. The van der Waals surface area contributed by atoms with Gasteiger partial charge in [-0.15, -0.1) is 0 Å². The SMILES string of the molecule is CCCCC(=O)Nc1ccc(NC(=S)NC(=O)c2cccc(OC(C)CC)c2)cc1OC. The van der Waals surface area contributed by atoms with Gasteiger partial charge in [-0.05, 0) is 62.3 Å². The van der Waals surface area contributed by atoms with Crippen LogP contribution in [0.4, 0.5) is 11.4 Å². The van der Waals surface area contributed by atoms with Gasteiger partial charge in [0.25, 0.3) is 5.91 Å². The Hall–Kier alpha value is -3.13. The fraction of sp³-hybridized carbons (Fsp3) is 0.375. The summed E-state index contributed by atoms with van der Waals surface area (Å²) in [5.41, 5.74) is 1.64. The normalized spacial score (nSPS) is 11.2. The van der Waals surface area contributed by atoms with Crippen LogP contribution in [0.25, 0.3) is 0 Å². The van der Waals surface area contributed by atoms with E-state index < -0.39 is 0 Å². The van der Waals surface area contributed by atoms with Gasteiger partial charge in [0.15, 0.2) is 5.11 Å². The molecule has 2 rings (SSSR count). The molecule has 0 heterocycles. The first kappa shape index (κ1) is 25.1. The van der Waals surface area contributed by atoms with Crippen molar-refractivity contribution in [3.05, 3.63) is 48.0 Å². The van der Waals surface area contributed by atoms with Crippen LogP contribution in [0.3, 0.4) is 0 Å². The minimum Gasteiger partial charge on any atom is -0.494 e. The van der Waals surface area contributed by atoms with Crippen molar-refractivity contribution in [1.82, 2.24) is 5.32 Å². The second-order valence-electron chi connectivity index (χ2n) is 7.34. The summed E-state index contributed by atoms with van der Waals surface area (Å²) < 4.78 is 11.1. The van der Waals surface area contributed by atoms with E-state index in [2.05, 4.69) is 16.0 Å². The van der Waals surface area contributed by atoms with E-state index in [0.29, 0.717) is 34.9 Å². The highest BCUT2D eigenvalue weighted by atomic mass is 32.1. The predicted molar refractivity (Wildman–Crippen MR) is 132 cm³/mol. The van der Waals surface area contributed by atoms with Crippen molar-refractivity contribution in [1.29, 1.82) is 0 Å². The minimum atomic E-state index is -0.344. The summed E-state index contributed by atoms with van der Waals surface area (Å²) in [5, 5.41) is 8.62. The van der Waals surface area contributed by atoms with Crippen molar-refractivity contribution in [2.75, 3.05) is 17.7 Å². The van der Waals surface area contributed by atoms with E-state index in [1.807, 2.05) is 26.8 Å². The number of ether oxygens (including phenoxy) is 2. The first-order valence-electron chi connectivity index (χ1n) is 10.7. The highest BCUT2D eigenvalue weighted by molar-refractivity contribution is 7.80. The number of thiocarbonyl (C=S) groups is 1. The molecule has 0 aromatic heterocycles.